The number of hydrogen-bond donors (Lipinski definition) is 0. The number of hydrogen-bond acceptors (Lipinski definition) is 0. The molecule has 0 aliphatic heterocycles. The number of rotatable bonds is 16. The molecule has 48 heavy (non-hydrogen) atoms. The van der Waals surface area contributed by atoms with Crippen molar-refractivity contribution in [3.05, 3.63) is 111 Å². The molecule has 260 valence electrons. The normalized spacial score (nSPS) is 10.8. The van der Waals surface area contributed by atoms with Crippen molar-refractivity contribution in [2.45, 2.75) is 132 Å². The summed E-state index contributed by atoms with van der Waals surface area (Å²) in [5.41, 5.74) is 12.1. The van der Waals surface area contributed by atoms with Gasteiger partial charge in [0.1, 0.15) is 8.07 Å². The van der Waals surface area contributed by atoms with E-state index in [2.05, 4.69) is 122 Å². The molecule has 0 aliphatic carbocycles. The van der Waals surface area contributed by atoms with Crippen LogP contribution in [-0.4, -0.2) is 8.07 Å². The average Bonchev–Trinajstić information content (AvgIpc) is 3.24. The van der Waals surface area contributed by atoms with E-state index < -0.39 is 8.07 Å². The van der Waals surface area contributed by atoms with Gasteiger partial charge >= 0.3 is 21.7 Å². The van der Waals surface area contributed by atoms with Crippen LogP contribution in [0.15, 0.2) is 66.7 Å². The Bertz CT molecular complexity index is 1370. The van der Waals surface area contributed by atoms with E-state index in [9.17, 15) is 0 Å². The molecule has 0 nitrogen and oxygen atoms in total. The summed E-state index contributed by atoms with van der Waals surface area (Å²) in [5.74, 6) is 0. The predicted octanol–water partition coefficient (Wildman–Crippen LogP) is 0.396. The van der Waals surface area contributed by atoms with E-state index in [0.717, 1.165) is 25.7 Å². The smallest absolute Gasteiger partial charge is 1.00 e. The maximum absolute atomic E-state index is 2.68. The number of unbranched alkanes of at least 4 members (excludes halogenated alkanes) is 4. The van der Waals surface area contributed by atoms with E-state index in [1.165, 1.54) is 101 Å². The van der Waals surface area contributed by atoms with Gasteiger partial charge in [-0.1, -0.05) is 163 Å². The van der Waals surface area contributed by atoms with Crippen LogP contribution in [0.25, 0.3) is 0 Å². The Balaban J connectivity index is 0.00000552. The van der Waals surface area contributed by atoms with Crippen LogP contribution in [-0.2, 0) is 47.4 Å². The summed E-state index contributed by atoms with van der Waals surface area (Å²) in [7, 11) is -2.68. The van der Waals surface area contributed by atoms with E-state index >= 15 is 0 Å². The fourth-order valence-electron chi connectivity index (χ4n) is 7.46. The number of halogens is 3. The van der Waals surface area contributed by atoms with Gasteiger partial charge in [0.2, 0.25) is 0 Å². The Morgan fingerprint density at radius 2 is 0.771 bits per heavy atom. The minimum absolute atomic E-state index is 0. The Labute approximate surface area is 329 Å². The van der Waals surface area contributed by atoms with Crippen LogP contribution in [0.4, 0.5) is 0 Å². The zero-order valence-corrected chi connectivity index (χ0v) is 35.8. The summed E-state index contributed by atoms with van der Waals surface area (Å²) < 4.78 is 0. The summed E-state index contributed by atoms with van der Waals surface area (Å²) >= 11 is 0. The third-order valence-corrected chi connectivity index (χ3v) is 15.3. The topological polar surface area (TPSA) is 0 Å². The van der Waals surface area contributed by atoms with E-state index in [-0.39, 0.29) is 58.9 Å². The van der Waals surface area contributed by atoms with Gasteiger partial charge in [-0.05, 0) is 73.6 Å². The van der Waals surface area contributed by atoms with E-state index in [1.807, 2.05) is 0 Å². The van der Waals surface area contributed by atoms with Crippen molar-refractivity contribution >= 4 is 28.8 Å². The van der Waals surface area contributed by atoms with Crippen molar-refractivity contribution in [1.29, 1.82) is 0 Å². The largest absolute Gasteiger partial charge is 4.00 e. The maximum Gasteiger partial charge on any atom is 4.00 e. The minimum atomic E-state index is -2.68. The summed E-state index contributed by atoms with van der Waals surface area (Å²) in [4.78, 5) is 0. The first-order valence-corrected chi connectivity index (χ1v) is 19.9. The van der Waals surface area contributed by atoms with Crippen LogP contribution >= 0.6 is 0 Å². The molecule has 0 aliphatic rings. The van der Waals surface area contributed by atoms with Gasteiger partial charge in [0.05, 0.1) is 0 Å². The first-order chi connectivity index (χ1) is 21.3. The van der Waals surface area contributed by atoms with Crippen molar-refractivity contribution < 1.29 is 58.9 Å². The van der Waals surface area contributed by atoms with E-state index in [0.29, 0.717) is 0 Å². The average molecular weight is 758 g/mol. The summed E-state index contributed by atoms with van der Waals surface area (Å²) in [6, 6.07) is 27.5. The Morgan fingerprint density at radius 3 is 1.06 bits per heavy atom. The molecule has 0 bridgehead atoms. The first-order valence-electron chi connectivity index (χ1n) is 17.9. The van der Waals surface area contributed by atoms with Crippen LogP contribution < -0.4 is 58.0 Å². The summed E-state index contributed by atoms with van der Waals surface area (Å²) in [5, 5.41) is 6.35. The van der Waals surface area contributed by atoms with E-state index in [1.54, 1.807) is 15.6 Å². The molecule has 0 fully saturated rings. The fourth-order valence-corrected chi connectivity index (χ4v) is 13.1. The molecule has 0 spiro atoms. The SMILES string of the molecule is CCCCc1cc(CCCC)cc([Si](c2ccccc2)(c2cc(CCCC)cc(CCCC)c2)[c-]2c(C)c(C)c(C)c2C)c1.[Cl-].[Cl-].[Cl-].[Ti+4]. The minimum Gasteiger partial charge on any atom is -1.00 e. The molecule has 0 aromatic heterocycles. The van der Waals surface area contributed by atoms with Gasteiger partial charge < -0.3 is 37.2 Å². The molecule has 0 heterocycles. The zero-order chi connectivity index (χ0) is 31.7. The predicted molar refractivity (Wildman–Crippen MR) is 199 cm³/mol. The molecule has 0 amide bonds. The molecule has 0 saturated carbocycles. The van der Waals surface area contributed by atoms with Gasteiger partial charge in [0, 0.05) is 0 Å². The molecule has 4 rings (SSSR count). The summed E-state index contributed by atoms with van der Waals surface area (Å²) in [6.45, 7) is 18.9. The second-order valence-electron chi connectivity index (χ2n) is 13.5. The molecule has 0 saturated heterocycles. The molecular weight excluding hydrogens is 699 g/mol. The Hall–Kier alpha value is -1.19. The van der Waals surface area contributed by atoms with Crippen molar-refractivity contribution in [1.82, 2.24) is 0 Å². The van der Waals surface area contributed by atoms with Gasteiger partial charge in [-0.3, -0.25) is 0 Å². The third kappa shape index (κ3) is 10.4. The zero-order valence-electron chi connectivity index (χ0n) is 31.0. The van der Waals surface area contributed by atoms with Gasteiger partial charge in [-0.2, -0.15) is 22.3 Å². The van der Waals surface area contributed by atoms with Crippen LogP contribution in [0, 0.1) is 27.7 Å². The molecule has 0 atom stereocenters. The second-order valence-corrected chi connectivity index (χ2v) is 17.2. The van der Waals surface area contributed by atoms with Crippen molar-refractivity contribution in [2.75, 3.05) is 0 Å². The third-order valence-electron chi connectivity index (χ3n) is 10.3. The van der Waals surface area contributed by atoms with E-state index in [4.69, 9.17) is 0 Å². The van der Waals surface area contributed by atoms with Crippen LogP contribution in [0.2, 0.25) is 0 Å². The van der Waals surface area contributed by atoms with Crippen LogP contribution in [0.1, 0.15) is 124 Å². The Kier molecular flexibility index (Phi) is 22.0. The number of aryl methyl sites for hydroxylation is 4. The maximum atomic E-state index is 2.66. The van der Waals surface area contributed by atoms with Gasteiger partial charge in [0.25, 0.3) is 0 Å². The van der Waals surface area contributed by atoms with Gasteiger partial charge in [-0.15, -0.1) is 5.19 Å². The monoisotopic (exact) mass is 756 g/mol. The first kappa shape index (κ1) is 46.8. The van der Waals surface area contributed by atoms with Crippen LogP contribution in [0.3, 0.4) is 0 Å². The van der Waals surface area contributed by atoms with Gasteiger partial charge in [0.15, 0.2) is 0 Å². The standard InChI is InChI=1S/C43H59Si.3ClH.Ti/c1-9-13-20-36-26-37(21-14-10-2)29-41(28-36)44(40-24-18-17-19-25-40,43-34(7)32(5)33(6)35(43)8)42-30-38(22-15-11-3)27-39(31-42)23-16-12-4;;;;/h17-19,24-31H,9-16,20-23H2,1-8H3;3*1H;/q-1;;;;+4/p-3. The molecule has 4 aromatic rings. The molecule has 4 aromatic carbocycles. The fraction of sp³-hybridized carbons (Fsp3) is 0.465. The quantitative estimate of drug-likeness (QED) is 0.0884. The molecule has 0 radical (unpaired) electrons. The molecule has 0 N–H and O–H groups in total. The second kappa shape index (κ2) is 22.6. The molecule has 0 unspecified atom stereocenters. The van der Waals surface area contributed by atoms with Gasteiger partial charge in [-0.25, -0.2) is 0 Å². The summed E-state index contributed by atoms with van der Waals surface area (Å²) in [6.07, 6.45) is 14.6. The Morgan fingerprint density at radius 1 is 0.458 bits per heavy atom. The van der Waals surface area contributed by atoms with Crippen molar-refractivity contribution in [2.24, 2.45) is 0 Å². The van der Waals surface area contributed by atoms with Crippen molar-refractivity contribution in [3.63, 3.8) is 0 Å². The number of benzene rings is 3. The van der Waals surface area contributed by atoms with Crippen LogP contribution in [0.5, 0.6) is 0 Å². The molecular formula is C43H59Cl3SiTi. The molecule has 5 heteroatoms. The van der Waals surface area contributed by atoms with Crippen molar-refractivity contribution in [3.8, 4) is 0 Å².